The van der Waals surface area contributed by atoms with Crippen molar-refractivity contribution in [2.75, 3.05) is 6.61 Å². The van der Waals surface area contributed by atoms with E-state index in [0.29, 0.717) is 6.04 Å². The molecule has 2 heteroatoms. The molecule has 1 aromatic carbocycles. The van der Waals surface area contributed by atoms with Crippen LogP contribution in [0.2, 0.25) is 0 Å². The Morgan fingerprint density at radius 1 is 1.19 bits per heavy atom. The molecule has 0 saturated carbocycles. The standard InChI is InChI=1S/C14H23NO/c1-4-12-6-8-13(9-7-12)14(5-2)15-11(3)10-16/h6-9,11,14-16H,4-5,10H2,1-3H3. The molecule has 0 fully saturated rings. The molecular weight excluding hydrogens is 198 g/mol. The van der Waals surface area contributed by atoms with Crippen molar-refractivity contribution in [1.82, 2.24) is 5.32 Å². The molecule has 16 heavy (non-hydrogen) atoms. The topological polar surface area (TPSA) is 32.3 Å². The van der Waals surface area contributed by atoms with Gasteiger partial charge in [0.05, 0.1) is 6.61 Å². The zero-order valence-electron chi connectivity index (χ0n) is 10.5. The van der Waals surface area contributed by atoms with Crippen LogP contribution in [0, 0.1) is 0 Å². The van der Waals surface area contributed by atoms with Gasteiger partial charge in [0.1, 0.15) is 0 Å². The van der Waals surface area contributed by atoms with E-state index in [0.717, 1.165) is 12.8 Å². The minimum atomic E-state index is 0.149. The fourth-order valence-corrected chi connectivity index (χ4v) is 1.83. The second kappa shape index (κ2) is 6.66. The van der Waals surface area contributed by atoms with E-state index in [2.05, 4.69) is 43.4 Å². The Morgan fingerprint density at radius 3 is 2.25 bits per heavy atom. The maximum absolute atomic E-state index is 9.05. The van der Waals surface area contributed by atoms with Gasteiger partial charge in [-0.3, -0.25) is 0 Å². The summed E-state index contributed by atoms with van der Waals surface area (Å²) in [6.45, 7) is 6.51. The van der Waals surface area contributed by atoms with Gasteiger partial charge < -0.3 is 10.4 Å². The van der Waals surface area contributed by atoms with Crippen molar-refractivity contribution in [3.63, 3.8) is 0 Å². The molecule has 0 heterocycles. The third-order valence-corrected chi connectivity index (χ3v) is 2.96. The molecule has 0 aliphatic heterocycles. The van der Waals surface area contributed by atoms with Gasteiger partial charge in [0.2, 0.25) is 0 Å². The van der Waals surface area contributed by atoms with Gasteiger partial charge in [-0.1, -0.05) is 38.1 Å². The molecule has 0 aromatic heterocycles. The fourth-order valence-electron chi connectivity index (χ4n) is 1.83. The van der Waals surface area contributed by atoms with Crippen molar-refractivity contribution in [3.05, 3.63) is 35.4 Å². The second-order valence-corrected chi connectivity index (χ2v) is 4.31. The van der Waals surface area contributed by atoms with Gasteiger partial charge >= 0.3 is 0 Å². The lowest BCUT2D eigenvalue weighted by molar-refractivity contribution is 0.239. The van der Waals surface area contributed by atoms with E-state index in [-0.39, 0.29) is 12.6 Å². The van der Waals surface area contributed by atoms with E-state index in [1.807, 2.05) is 6.92 Å². The van der Waals surface area contributed by atoms with E-state index in [1.165, 1.54) is 11.1 Å². The van der Waals surface area contributed by atoms with Crippen LogP contribution in [-0.4, -0.2) is 17.8 Å². The molecule has 90 valence electrons. The lowest BCUT2D eigenvalue weighted by Gasteiger charge is -2.21. The van der Waals surface area contributed by atoms with Crippen molar-refractivity contribution in [2.45, 2.75) is 45.7 Å². The fraction of sp³-hybridized carbons (Fsp3) is 0.571. The van der Waals surface area contributed by atoms with E-state index < -0.39 is 0 Å². The van der Waals surface area contributed by atoms with Crippen LogP contribution in [0.25, 0.3) is 0 Å². The maximum atomic E-state index is 9.05. The van der Waals surface area contributed by atoms with Crippen molar-refractivity contribution in [1.29, 1.82) is 0 Å². The molecular formula is C14H23NO. The van der Waals surface area contributed by atoms with Crippen molar-refractivity contribution in [2.24, 2.45) is 0 Å². The number of nitrogens with one attached hydrogen (secondary N) is 1. The minimum Gasteiger partial charge on any atom is -0.395 e. The molecule has 2 unspecified atom stereocenters. The zero-order chi connectivity index (χ0) is 12.0. The Hall–Kier alpha value is -0.860. The highest BCUT2D eigenvalue weighted by atomic mass is 16.3. The Balaban J connectivity index is 2.70. The summed E-state index contributed by atoms with van der Waals surface area (Å²) in [5.41, 5.74) is 2.67. The van der Waals surface area contributed by atoms with Crippen molar-refractivity contribution >= 4 is 0 Å². The number of aliphatic hydroxyl groups is 1. The summed E-state index contributed by atoms with van der Waals surface area (Å²) in [6, 6.07) is 9.23. The summed E-state index contributed by atoms with van der Waals surface area (Å²) in [7, 11) is 0. The molecule has 0 aliphatic carbocycles. The Morgan fingerprint density at radius 2 is 1.81 bits per heavy atom. The van der Waals surface area contributed by atoms with Crippen molar-refractivity contribution in [3.8, 4) is 0 Å². The lowest BCUT2D eigenvalue weighted by Crippen LogP contribution is -2.32. The van der Waals surface area contributed by atoms with Gasteiger partial charge in [-0.25, -0.2) is 0 Å². The Bertz CT molecular complexity index is 294. The largest absolute Gasteiger partial charge is 0.395 e. The number of benzene rings is 1. The van der Waals surface area contributed by atoms with E-state index >= 15 is 0 Å². The number of aryl methyl sites for hydroxylation is 1. The van der Waals surface area contributed by atoms with E-state index in [1.54, 1.807) is 0 Å². The molecule has 0 bridgehead atoms. The molecule has 0 saturated heterocycles. The van der Waals surface area contributed by atoms with Crippen LogP contribution in [0.15, 0.2) is 24.3 Å². The predicted molar refractivity (Wildman–Crippen MR) is 68.5 cm³/mol. The Labute approximate surface area is 98.7 Å². The van der Waals surface area contributed by atoms with Crippen LogP contribution in [-0.2, 0) is 6.42 Å². The average molecular weight is 221 g/mol. The van der Waals surface area contributed by atoms with Crippen molar-refractivity contribution < 1.29 is 5.11 Å². The number of rotatable bonds is 6. The SMILES string of the molecule is CCc1ccc(C(CC)NC(C)CO)cc1. The second-order valence-electron chi connectivity index (χ2n) is 4.31. The van der Waals surface area contributed by atoms with Crippen LogP contribution >= 0.6 is 0 Å². The first-order valence-corrected chi connectivity index (χ1v) is 6.17. The summed E-state index contributed by atoms with van der Waals surface area (Å²) in [5.74, 6) is 0. The predicted octanol–water partition coefficient (Wildman–Crippen LogP) is 2.67. The van der Waals surface area contributed by atoms with Gasteiger partial charge in [0.15, 0.2) is 0 Å². The normalized spacial score (nSPS) is 14.8. The molecule has 2 nitrogen and oxygen atoms in total. The summed E-state index contributed by atoms with van der Waals surface area (Å²) in [4.78, 5) is 0. The van der Waals surface area contributed by atoms with Crippen LogP contribution in [0.3, 0.4) is 0 Å². The number of hydrogen-bond donors (Lipinski definition) is 2. The molecule has 1 aromatic rings. The summed E-state index contributed by atoms with van der Waals surface area (Å²) in [5, 5.41) is 12.5. The van der Waals surface area contributed by atoms with Crippen LogP contribution in [0.4, 0.5) is 0 Å². The zero-order valence-corrected chi connectivity index (χ0v) is 10.5. The summed E-state index contributed by atoms with van der Waals surface area (Å²) >= 11 is 0. The van der Waals surface area contributed by atoms with Gasteiger partial charge in [-0.05, 0) is 30.9 Å². The average Bonchev–Trinajstić information content (AvgIpc) is 2.35. The smallest absolute Gasteiger partial charge is 0.0582 e. The highest BCUT2D eigenvalue weighted by molar-refractivity contribution is 5.25. The van der Waals surface area contributed by atoms with Gasteiger partial charge in [0, 0.05) is 12.1 Å². The van der Waals surface area contributed by atoms with Crippen LogP contribution in [0.1, 0.15) is 44.4 Å². The van der Waals surface area contributed by atoms with Gasteiger partial charge in [0.25, 0.3) is 0 Å². The van der Waals surface area contributed by atoms with E-state index in [4.69, 9.17) is 5.11 Å². The van der Waals surface area contributed by atoms with Crippen LogP contribution in [0.5, 0.6) is 0 Å². The third-order valence-electron chi connectivity index (χ3n) is 2.96. The molecule has 0 aliphatic rings. The van der Waals surface area contributed by atoms with Gasteiger partial charge in [-0.15, -0.1) is 0 Å². The molecule has 0 amide bonds. The number of hydrogen-bond acceptors (Lipinski definition) is 2. The minimum absolute atomic E-state index is 0.149. The number of aliphatic hydroxyl groups excluding tert-OH is 1. The molecule has 2 atom stereocenters. The monoisotopic (exact) mass is 221 g/mol. The van der Waals surface area contributed by atoms with Gasteiger partial charge in [-0.2, -0.15) is 0 Å². The molecule has 1 rings (SSSR count). The molecule has 2 N–H and O–H groups in total. The maximum Gasteiger partial charge on any atom is 0.0582 e. The lowest BCUT2D eigenvalue weighted by atomic mass is 10.0. The molecule has 0 radical (unpaired) electrons. The highest BCUT2D eigenvalue weighted by Crippen LogP contribution is 2.18. The summed E-state index contributed by atoms with van der Waals surface area (Å²) in [6.07, 6.45) is 2.12. The highest BCUT2D eigenvalue weighted by Gasteiger charge is 2.11. The Kier molecular flexibility index (Phi) is 5.50. The summed E-state index contributed by atoms with van der Waals surface area (Å²) < 4.78 is 0. The quantitative estimate of drug-likeness (QED) is 0.774. The third kappa shape index (κ3) is 3.62. The molecule has 0 spiro atoms. The first-order valence-electron chi connectivity index (χ1n) is 6.17. The van der Waals surface area contributed by atoms with E-state index in [9.17, 15) is 0 Å². The first-order chi connectivity index (χ1) is 7.71. The first kappa shape index (κ1) is 13.2. The van der Waals surface area contributed by atoms with Crippen LogP contribution < -0.4 is 5.32 Å².